The molecule has 2 aliphatic carbocycles. The summed E-state index contributed by atoms with van der Waals surface area (Å²) in [6, 6.07) is 0. The minimum Gasteiger partial charge on any atom is -0.392 e. The zero-order valence-corrected chi connectivity index (χ0v) is 12.6. The van der Waals surface area contributed by atoms with Crippen molar-refractivity contribution in [2.75, 3.05) is 20.1 Å². The van der Waals surface area contributed by atoms with Gasteiger partial charge in [-0.05, 0) is 31.1 Å². The lowest BCUT2D eigenvalue weighted by Crippen LogP contribution is -2.49. The smallest absolute Gasteiger partial charge is 0.191 e. The molecule has 0 amide bonds. The summed E-state index contributed by atoms with van der Waals surface area (Å²) in [5.74, 6) is 0.868. The first kappa shape index (κ1) is 14.6. The number of aliphatic hydroxyl groups excluding tert-OH is 1. The standard InChI is InChI=1S/C15H29N3O/c1-14(8-9-14)10-17-13(16-3)18-11-15(2)7-5-4-6-12(15)19/h12,19H,4-11H2,1-3H3,(H2,16,17,18). The van der Waals surface area contributed by atoms with Crippen LogP contribution in [0.2, 0.25) is 0 Å². The van der Waals surface area contributed by atoms with Crippen LogP contribution in [-0.4, -0.2) is 37.3 Å². The van der Waals surface area contributed by atoms with Gasteiger partial charge in [0.1, 0.15) is 0 Å². The van der Waals surface area contributed by atoms with Gasteiger partial charge in [0, 0.05) is 25.6 Å². The van der Waals surface area contributed by atoms with Crippen molar-refractivity contribution in [3.63, 3.8) is 0 Å². The van der Waals surface area contributed by atoms with Crippen LogP contribution in [0.15, 0.2) is 4.99 Å². The second-order valence-corrected chi connectivity index (χ2v) is 7.01. The van der Waals surface area contributed by atoms with Crippen molar-refractivity contribution in [1.29, 1.82) is 0 Å². The Morgan fingerprint density at radius 1 is 1.16 bits per heavy atom. The average Bonchev–Trinajstić information content (AvgIpc) is 3.12. The van der Waals surface area contributed by atoms with Crippen molar-refractivity contribution < 1.29 is 5.11 Å². The van der Waals surface area contributed by atoms with Crippen LogP contribution in [0.4, 0.5) is 0 Å². The summed E-state index contributed by atoms with van der Waals surface area (Å²) in [7, 11) is 1.81. The number of guanidine groups is 1. The van der Waals surface area contributed by atoms with Crippen molar-refractivity contribution in [1.82, 2.24) is 10.6 Å². The maximum atomic E-state index is 10.2. The number of hydrogen-bond donors (Lipinski definition) is 3. The first-order chi connectivity index (χ1) is 8.97. The number of nitrogens with one attached hydrogen (secondary N) is 2. The summed E-state index contributed by atoms with van der Waals surface area (Å²) in [5.41, 5.74) is 0.464. The molecule has 110 valence electrons. The lowest BCUT2D eigenvalue weighted by molar-refractivity contribution is 0.00397. The Balaban J connectivity index is 1.78. The number of rotatable bonds is 4. The molecule has 4 nitrogen and oxygen atoms in total. The van der Waals surface area contributed by atoms with Crippen molar-refractivity contribution in [2.24, 2.45) is 15.8 Å². The highest BCUT2D eigenvalue weighted by atomic mass is 16.3. The highest BCUT2D eigenvalue weighted by Gasteiger charge is 2.38. The third kappa shape index (κ3) is 3.85. The largest absolute Gasteiger partial charge is 0.392 e. The van der Waals surface area contributed by atoms with E-state index in [1.807, 2.05) is 7.05 Å². The van der Waals surface area contributed by atoms with Crippen molar-refractivity contribution in [2.45, 2.75) is 58.5 Å². The maximum Gasteiger partial charge on any atom is 0.191 e. The Labute approximate surface area is 117 Å². The van der Waals surface area contributed by atoms with Crippen molar-refractivity contribution in [3.05, 3.63) is 0 Å². The first-order valence-corrected chi connectivity index (χ1v) is 7.60. The van der Waals surface area contributed by atoms with Gasteiger partial charge in [-0.25, -0.2) is 0 Å². The van der Waals surface area contributed by atoms with Gasteiger partial charge in [-0.3, -0.25) is 4.99 Å². The predicted octanol–water partition coefficient (Wildman–Crippen LogP) is 1.89. The average molecular weight is 267 g/mol. The fourth-order valence-corrected chi connectivity index (χ4v) is 2.78. The van der Waals surface area contributed by atoms with Gasteiger partial charge in [-0.1, -0.05) is 26.7 Å². The molecule has 0 saturated heterocycles. The monoisotopic (exact) mass is 267 g/mol. The maximum absolute atomic E-state index is 10.2. The van der Waals surface area contributed by atoms with E-state index in [-0.39, 0.29) is 11.5 Å². The van der Waals surface area contributed by atoms with Gasteiger partial charge in [0.15, 0.2) is 5.96 Å². The van der Waals surface area contributed by atoms with Crippen LogP contribution in [0.1, 0.15) is 52.4 Å². The molecule has 2 unspecified atom stereocenters. The molecule has 2 rings (SSSR count). The molecular formula is C15H29N3O. The minimum absolute atomic E-state index is 0.0145. The SMILES string of the molecule is CN=C(NCC1(C)CC1)NCC1(C)CCCCC1O. The van der Waals surface area contributed by atoms with E-state index in [1.165, 1.54) is 19.3 Å². The summed E-state index contributed by atoms with van der Waals surface area (Å²) in [5, 5.41) is 17.0. The fourth-order valence-electron chi connectivity index (χ4n) is 2.78. The molecule has 0 aliphatic heterocycles. The Hall–Kier alpha value is -0.770. The van der Waals surface area contributed by atoms with E-state index in [4.69, 9.17) is 0 Å². The molecule has 0 bridgehead atoms. The van der Waals surface area contributed by atoms with E-state index in [0.29, 0.717) is 5.41 Å². The van der Waals surface area contributed by atoms with E-state index < -0.39 is 0 Å². The quantitative estimate of drug-likeness (QED) is 0.538. The summed E-state index contributed by atoms with van der Waals surface area (Å²) in [4.78, 5) is 4.27. The molecule has 2 fully saturated rings. The van der Waals surface area contributed by atoms with Crippen LogP contribution in [0.25, 0.3) is 0 Å². The molecule has 0 aromatic carbocycles. The Morgan fingerprint density at radius 3 is 2.42 bits per heavy atom. The van der Waals surface area contributed by atoms with Crippen LogP contribution < -0.4 is 10.6 Å². The molecule has 2 saturated carbocycles. The second kappa shape index (κ2) is 5.70. The highest BCUT2D eigenvalue weighted by Crippen LogP contribution is 2.44. The van der Waals surface area contributed by atoms with E-state index in [2.05, 4.69) is 29.5 Å². The number of hydrogen-bond acceptors (Lipinski definition) is 2. The Morgan fingerprint density at radius 2 is 1.84 bits per heavy atom. The molecule has 0 spiro atoms. The lowest BCUT2D eigenvalue weighted by atomic mass is 9.73. The molecule has 2 aliphatic rings. The van der Waals surface area contributed by atoms with Gasteiger partial charge in [0.2, 0.25) is 0 Å². The Kier molecular flexibility index (Phi) is 4.39. The fraction of sp³-hybridized carbons (Fsp3) is 0.933. The van der Waals surface area contributed by atoms with Crippen LogP contribution in [0.5, 0.6) is 0 Å². The zero-order chi connectivity index (χ0) is 13.9. The van der Waals surface area contributed by atoms with Gasteiger partial charge in [0.05, 0.1) is 6.10 Å². The van der Waals surface area contributed by atoms with Crippen LogP contribution in [0, 0.1) is 10.8 Å². The summed E-state index contributed by atoms with van der Waals surface area (Å²) < 4.78 is 0. The summed E-state index contributed by atoms with van der Waals surface area (Å²) >= 11 is 0. The molecule has 3 N–H and O–H groups in total. The molecular weight excluding hydrogens is 238 g/mol. The first-order valence-electron chi connectivity index (χ1n) is 7.60. The van der Waals surface area contributed by atoms with Gasteiger partial charge in [0.25, 0.3) is 0 Å². The molecule has 19 heavy (non-hydrogen) atoms. The molecule has 4 heteroatoms. The van der Waals surface area contributed by atoms with E-state index in [0.717, 1.165) is 38.3 Å². The second-order valence-electron chi connectivity index (χ2n) is 7.01. The van der Waals surface area contributed by atoms with Gasteiger partial charge in [-0.2, -0.15) is 0 Å². The Bertz CT molecular complexity index is 338. The van der Waals surface area contributed by atoms with Gasteiger partial charge in [-0.15, -0.1) is 0 Å². The minimum atomic E-state index is -0.187. The van der Waals surface area contributed by atoms with E-state index >= 15 is 0 Å². The predicted molar refractivity (Wildman–Crippen MR) is 79.3 cm³/mol. The van der Waals surface area contributed by atoms with Gasteiger partial charge >= 0.3 is 0 Å². The van der Waals surface area contributed by atoms with Crippen molar-refractivity contribution >= 4 is 5.96 Å². The molecule has 0 aromatic heterocycles. The molecule has 0 radical (unpaired) electrons. The molecule has 2 atom stereocenters. The van der Waals surface area contributed by atoms with E-state index in [9.17, 15) is 5.11 Å². The number of aliphatic imine (C=N–C) groups is 1. The summed E-state index contributed by atoms with van der Waals surface area (Å²) in [6.07, 6.45) is 6.84. The lowest BCUT2D eigenvalue weighted by Gasteiger charge is -2.38. The third-order valence-electron chi connectivity index (χ3n) is 4.95. The summed E-state index contributed by atoms with van der Waals surface area (Å²) in [6.45, 7) is 6.27. The normalized spacial score (nSPS) is 33.9. The van der Waals surface area contributed by atoms with Crippen LogP contribution in [0.3, 0.4) is 0 Å². The molecule has 0 aromatic rings. The van der Waals surface area contributed by atoms with Gasteiger partial charge < -0.3 is 15.7 Å². The van der Waals surface area contributed by atoms with Crippen LogP contribution in [-0.2, 0) is 0 Å². The number of nitrogens with zero attached hydrogens (tertiary/aromatic N) is 1. The number of aliphatic hydroxyl groups is 1. The zero-order valence-electron chi connectivity index (χ0n) is 12.6. The molecule has 0 heterocycles. The van der Waals surface area contributed by atoms with Crippen LogP contribution >= 0.6 is 0 Å². The van der Waals surface area contributed by atoms with E-state index in [1.54, 1.807) is 0 Å². The van der Waals surface area contributed by atoms with Crippen molar-refractivity contribution in [3.8, 4) is 0 Å². The highest BCUT2D eigenvalue weighted by molar-refractivity contribution is 5.79. The third-order valence-corrected chi connectivity index (χ3v) is 4.95. The topological polar surface area (TPSA) is 56.7 Å².